The molecule has 7 aromatic rings. The fourth-order valence-corrected chi connectivity index (χ4v) is 12.9. The molecule has 44 heteroatoms. The number of nitrogens with zero attached hydrogens (tertiary/aromatic N) is 8. The van der Waals surface area contributed by atoms with Crippen LogP contribution in [-0.2, 0) is 60.7 Å². The molecule has 2 aliphatic heterocycles. The van der Waals surface area contributed by atoms with E-state index in [0.717, 1.165) is 24.3 Å². The number of anilines is 4. The number of hydrogen-bond acceptors (Lipinski definition) is 24. The molecule has 0 unspecified atom stereocenters. The van der Waals surface area contributed by atoms with Gasteiger partial charge in [0.25, 0.3) is 60.7 Å². The number of aromatic amines is 2. The van der Waals surface area contributed by atoms with Crippen LogP contribution in [0.4, 0.5) is 45.5 Å². The number of halogens is 6. The number of benzene rings is 5. The van der Waals surface area contributed by atoms with E-state index in [1.807, 2.05) is 0 Å². The number of hydrogen-bond donors (Lipinski definition) is 10. The Kier molecular flexibility index (Phi) is 14.8. The van der Waals surface area contributed by atoms with Crippen molar-refractivity contribution in [1.82, 2.24) is 29.9 Å². The molecule has 0 atom stereocenters. The molecule has 0 bridgehead atoms. The summed E-state index contributed by atoms with van der Waals surface area (Å²) in [5.74, 6) is -2.97. The minimum Gasteiger partial charge on any atom is -0.450 e. The summed E-state index contributed by atoms with van der Waals surface area (Å²) in [6, 6.07) is 5.77. The van der Waals surface area contributed by atoms with Gasteiger partial charge in [0.05, 0.1) is 11.4 Å². The molecule has 0 saturated carbocycles. The van der Waals surface area contributed by atoms with E-state index in [1.165, 1.54) is 0 Å². The van der Waals surface area contributed by atoms with Crippen molar-refractivity contribution in [3.63, 3.8) is 0 Å². The van der Waals surface area contributed by atoms with Gasteiger partial charge in [-0.1, -0.05) is 23.2 Å². The molecule has 5 aromatic carbocycles. The van der Waals surface area contributed by atoms with Gasteiger partial charge in [-0.15, -0.1) is 0 Å². The minimum atomic E-state index is -5.55. The molecule has 2 aromatic heterocycles. The van der Waals surface area contributed by atoms with Crippen molar-refractivity contribution in [2.45, 2.75) is 29.4 Å². The Morgan fingerprint density at radius 3 is 1.02 bits per heavy atom. The first-order valence-corrected chi connectivity index (χ1v) is 30.9. The van der Waals surface area contributed by atoms with Crippen LogP contribution in [0.2, 0.25) is 31.2 Å². The van der Waals surface area contributed by atoms with Crippen molar-refractivity contribution >= 4 is 176 Å². The molecule has 0 saturated heterocycles. The molecule has 4 heterocycles. The highest BCUT2D eigenvalue weighted by atomic mass is 35.5. The van der Waals surface area contributed by atoms with Gasteiger partial charge in [0.1, 0.15) is 63.1 Å². The molecular weight excluding hydrogens is 1330 g/mol. The van der Waals surface area contributed by atoms with Crippen LogP contribution < -0.4 is 42.1 Å². The van der Waals surface area contributed by atoms with E-state index in [-0.39, 0.29) is 0 Å². The smallest absolute Gasteiger partial charge is 0.300 e. The highest BCUT2D eigenvalue weighted by Crippen LogP contribution is 2.50. The van der Waals surface area contributed by atoms with Crippen LogP contribution in [0.1, 0.15) is 0 Å². The Bertz CT molecular complexity index is 4540. The van der Waals surface area contributed by atoms with E-state index in [2.05, 4.69) is 60.5 Å². The number of fused-ring (bicyclic) bond motifs is 4. The summed E-state index contributed by atoms with van der Waals surface area (Å²) in [5.41, 5.74) is -7.69. The maximum Gasteiger partial charge on any atom is 0.300 e. The van der Waals surface area contributed by atoms with Gasteiger partial charge in [0, 0.05) is 11.4 Å². The molecule has 0 amide bonds. The number of nitrogens with one attached hydrogen (secondary N) is 4. The molecular formula is C36H18Cl6N12O20S6. The maximum atomic E-state index is 13.2. The zero-order chi connectivity index (χ0) is 58.7. The first-order valence-electron chi connectivity index (χ1n) is 20.0. The van der Waals surface area contributed by atoms with Gasteiger partial charge in [-0.05, 0) is 94.9 Å². The average Bonchev–Trinajstić information content (AvgIpc) is 3.48. The fourth-order valence-electron chi connectivity index (χ4n) is 7.27. The molecule has 0 radical (unpaired) electrons. The largest absolute Gasteiger partial charge is 0.450 e. The van der Waals surface area contributed by atoms with E-state index in [4.69, 9.17) is 79.1 Å². The second-order valence-electron chi connectivity index (χ2n) is 15.4. The van der Waals surface area contributed by atoms with Crippen molar-refractivity contribution in [3.05, 3.63) is 102 Å². The van der Waals surface area contributed by atoms with E-state index in [1.54, 1.807) is 0 Å². The first kappa shape index (κ1) is 58.4. The highest BCUT2D eigenvalue weighted by molar-refractivity contribution is 7.88. The number of aromatic nitrogens is 6. The zero-order valence-electron chi connectivity index (χ0n) is 37.3. The fraction of sp³-hybridized carbons (Fsp3) is 0. The minimum absolute atomic E-state index is 0.486. The molecule has 80 heavy (non-hydrogen) atoms. The molecule has 0 aliphatic carbocycles. The SMILES string of the molecule is O=S(=O)(O)c1cc(Nc2ccc3c(c2S(=O)(=O)O)Oc2c(Cl)c4c(c(Cl)c2=N3)Oc2c(ccc(Nc3cc(S(=O)(=O)O)c(N=c5nc(Cl)nc(Cl)[nH]5)c(S(=O)(=O)O)c3)c2S(=O)(=O)O)N=4)cc(S(=O)(=O)O)c1N=c1nc(Cl)nc(Cl)[nH]1. The van der Waals surface area contributed by atoms with Crippen LogP contribution in [-0.4, -0.2) is 108 Å². The van der Waals surface area contributed by atoms with Crippen LogP contribution in [0.25, 0.3) is 0 Å². The highest BCUT2D eigenvalue weighted by Gasteiger charge is 2.36. The van der Waals surface area contributed by atoms with Gasteiger partial charge in [-0.25, -0.2) is 20.0 Å². The Hall–Kier alpha value is -6.28. The lowest BCUT2D eigenvalue weighted by Crippen LogP contribution is -2.23. The lowest BCUT2D eigenvalue weighted by Gasteiger charge is -2.24. The normalized spacial score (nSPS) is 13.9. The molecule has 0 fully saturated rings. The van der Waals surface area contributed by atoms with E-state index >= 15 is 0 Å². The number of ether oxygens (including phenoxy) is 2. The van der Waals surface area contributed by atoms with Crippen LogP contribution >= 0.6 is 69.6 Å². The number of H-pyrrole nitrogens is 2. The Balaban J connectivity index is 1.15. The van der Waals surface area contributed by atoms with Gasteiger partial charge in [-0.2, -0.15) is 70.4 Å². The average molecular weight is 1340 g/mol. The second kappa shape index (κ2) is 20.3. The van der Waals surface area contributed by atoms with Crippen LogP contribution in [0.15, 0.2) is 97.9 Å². The third-order valence-corrected chi connectivity index (χ3v) is 16.9. The van der Waals surface area contributed by atoms with Crippen molar-refractivity contribution in [1.29, 1.82) is 0 Å². The quantitative estimate of drug-likeness (QED) is 0.0685. The van der Waals surface area contributed by atoms with Crippen molar-refractivity contribution < 1.29 is 87.3 Å². The second-order valence-corrected chi connectivity index (χ2v) is 25.8. The van der Waals surface area contributed by atoms with Crippen molar-refractivity contribution in [3.8, 4) is 23.0 Å². The van der Waals surface area contributed by atoms with Crippen LogP contribution in [0, 0.1) is 0 Å². The Morgan fingerprint density at radius 2 is 0.750 bits per heavy atom. The predicted octanol–water partition coefficient (Wildman–Crippen LogP) is 5.39. The zero-order valence-corrected chi connectivity index (χ0v) is 46.7. The van der Waals surface area contributed by atoms with E-state index in [9.17, 15) is 77.8 Å². The van der Waals surface area contributed by atoms with Crippen LogP contribution in [0.3, 0.4) is 0 Å². The van der Waals surface area contributed by atoms with Crippen LogP contribution in [0.5, 0.6) is 23.0 Å². The predicted molar refractivity (Wildman–Crippen MR) is 273 cm³/mol. The monoisotopic (exact) mass is 1340 g/mol. The molecule has 0 spiro atoms. The summed E-state index contributed by atoms with van der Waals surface area (Å²) in [5, 5.41) is 0.306. The summed E-state index contributed by atoms with van der Waals surface area (Å²) < 4.78 is 228. The Labute approximate surface area is 474 Å². The van der Waals surface area contributed by atoms with Gasteiger partial charge < -0.3 is 20.1 Å². The topological polar surface area (TPSA) is 501 Å². The van der Waals surface area contributed by atoms with Gasteiger partial charge in [0.2, 0.25) is 32.4 Å². The summed E-state index contributed by atoms with van der Waals surface area (Å²) in [7, 11) is -33.3. The van der Waals surface area contributed by atoms with Gasteiger partial charge >= 0.3 is 0 Å². The Morgan fingerprint density at radius 1 is 0.438 bits per heavy atom. The summed E-state index contributed by atoms with van der Waals surface area (Å²) in [6.07, 6.45) is 0. The number of rotatable bonds is 12. The first-order chi connectivity index (χ1) is 36.9. The molecule has 9 rings (SSSR count). The van der Waals surface area contributed by atoms with Crippen molar-refractivity contribution in [2.24, 2.45) is 20.0 Å². The molecule has 2 aliphatic rings. The van der Waals surface area contributed by atoms with E-state index < -0.39 is 212 Å². The summed E-state index contributed by atoms with van der Waals surface area (Å²) >= 11 is 36.7. The standard InChI is InChI=1S/C36H18Cl6N12O20S6/c37-19-23-27(73-25-11(45-23)1-3-13(29(25)79(67,68)69)43-9-5-15(75(55,56)57)21(16(6-9)76(58,59)60)47-35-51-31(39)49-32(40)52-35)20(38)24-28(19)74-26-12(46-24)2-4-14(30(26)80(70,71)72)44-10-7-17(77(61,62)63)22(18(8-10)78(64,65)66)48-36-53-33(41)50-34(42)54-36/h1-8,43-44H,(H,55,56,57)(H,58,59,60)(H,61,62,63)(H,64,65,66)(H,67,68,69)(H,70,71,72)(H,47,49,51,52)(H,48,50,53,54). The third-order valence-electron chi connectivity index (χ3n) is 10.2. The lowest BCUT2D eigenvalue weighted by atomic mass is 10.1. The maximum absolute atomic E-state index is 13.2. The molecule has 10 N–H and O–H groups in total. The van der Waals surface area contributed by atoms with Gasteiger partial charge in [0.15, 0.2) is 32.8 Å². The molecule has 32 nitrogen and oxygen atoms in total. The molecule has 420 valence electrons. The van der Waals surface area contributed by atoms with E-state index in [0.29, 0.717) is 24.3 Å². The van der Waals surface area contributed by atoms with Gasteiger partial charge in [-0.3, -0.25) is 37.3 Å². The summed E-state index contributed by atoms with van der Waals surface area (Å²) in [4.78, 5) is 26.8. The third kappa shape index (κ3) is 11.6. The summed E-state index contributed by atoms with van der Waals surface area (Å²) in [6.45, 7) is 0. The lowest BCUT2D eigenvalue weighted by molar-refractivity contribution is 0.428. The van der Waals surface area contributed by atoms with Crippen molar-refractivity contribution in [2.75, 3.05) is 10.6 Å².